The van der Waals surface area contributed by atoms with E-state index < -0.39 is 20.0 Å². The molecule has 5 aliphatic heterocycles. The Bertz CT molecular complexity index is 2960. The lowest BCUT2D eigenvalue weighted by Crippen LogP contribution is -2.47. The normalized spacial score (nSPS) is 21.2. The van der Waals surface area contributed by atoms with Gasteiger partial charge in [0.25, 0.3) is 0 Å². The molecule has 19 nitrogen and oxygen atoms in total. The van der Waals surface area contributed by atoms with Crippen molar-refractivity contribution in [2.24, 2.45) is 0 Å². The number of piperazine rings is 2. The summed E-state index contributed by atoms with van der Waals surface area (Å²) in [5.74, 6) is 2.51. The van der Waals surface area contributed by atoms with E-state index in [-0.39, 0.29) is 11.5 Å². The topological polar surface area (TPSA) is 185 Å². The molecule has 1 atom stereocenters. The minimum Gasteiger partial charge on any atom is -0.378 e. The van der Waals surface area contributed by atoms with Gasteiger partial charge >= 0.3 is 0 Å². The van der Waals surface area contributed by atoms with Gasteiger partial charge in [-0.3, -0.25) is 9.80 Å². The number of hydrogen-bond acceptors (Lipinski definition) is 18. The second kappa shape index (κ2) is 20.6. The molecule has 24 heteroatoms. The highest BCUT2D eigenvalue weighted by Crippen LogP contribution is 2.37. The number of hydrogen-bond donors (Lipinski definition) is 0. The van der Waals surface area contributed by atoms with Crippen LogP contribution in [0.4, 0.5) is 11.6 Å². The van der Waals surface area contributed by atoms with Crippen LogP contribution in [0.25, 0.3) is 42.7 Å². The van der Waals surface area contributed by atoms with Gasteiger partial charge in [-0.2, -0.15) is 18.7 Å². The van der Waals surface area contributed by atoms with Crippen molar-refractivity contribution in [2.75, 3.05) is 134 Å². The molecule has 1 aromatic carbocycles. The Hall–Kier alpha value is -3.72. The number of thiophene rings is 2. The molecular weight excluding hydrogens is 972 g/mol. The molecule has 1 unspecified atom stereocenters. The zero-order valence-electron chi connectivity index (χ0n) is 38.3. The smallest absolute Gasteiger partial charge is 0.225 e. The quantitative estimate of drug-likeness (QED) is 0.174. The van der Waals surface area contributed by atoms with Crippen LogP contribution in [-0.4, -0.2) is 189 Å². The molecule has 0 aliphatic carbocycles. The molecule has 0 amide bonds. The highest BCUT2D eigenvalue weighted by molar-refractivity contribution is 7.88. The van der Waals surface area contributed by atoms with Gasteiger partial charge in [0.1, 0.15) is 27.5 Å². The minimum atomic E-state index is -3.15. The molecule has 0 bridgehead atoms. The standard InChI is InChI=1S/C28H35N7O4S2.C16H22ClN5O3S2/c1-41(36,37)34-10-8-32(9-11-34)18-20-17-22-27(33-12-15-38-16-13-33)29-26(30-28(22)40-20)21-5-4-6-24-23(21)19-35(31-24)25-7-2-3-14-39-25;1-27(23,24)22-4-2-20(3-5-22)11-12-10-13-14(21-6-8-25-9-7-21)18-16(17)19-15(13)26-12/h4-6,17,19,25H,2-3,7-16,18H2,1H3;10H,2-9,11H2,1H3. The van der Waals surface area contributed by atoms with Crippen molar-refractivity contribution in [3.63, 3.8) is 0 Å². The van der Waals surface area contributed by atoms with Gasteiger partial charge in [0, 0.05) is 125 Å². The molecule has 5 aromatic heterocycles. The van der Waals surface area contributed by atoms with Crippen LogP contribution in [0.2, 0.25) is 5.28 Å². The van der Waals surface area contributed by atoms with Crippen LogP contribution in [0.3, 0.4) is 0 Å². The van der Waals surface area contributed by atoms with Gasteiger partial charge in [0.2, 0.25) is 25.3 Å². The summed E-state index contributed by atoms with van der Waals surface area (Å²) >= 11 is 9.47. The summed E-state index contributed by atoms with van der Waals surface area (Å²) in [5, 5.41) is 8.22. The number of halogens is 1. The molecule has 5 fully saturated rings. The molecule has 366 valence electrons. The Labute approximate surface area is 409 Å². The van der Waals surface area contributed by atoms with Crippen molar-refractivity contribution in [1.82, 2.24) is 48.1 Å². The van der Waals surface area contributed by atoms with Crippen molar-refractivity contribution in [1.29, 1.82) is 0 Å². The van der Waals surface area contributed by atoms with Crippen molar-refractivity contribution >= 4 is 97.3 Å². The first-order valence-electron chi connectivity index (χ1n) is 23.2. The number of morpholine rings is 2. The molecule has 0 radical (unpaired) electrons. The number of benzene rings is 1. The number of nitrogens with zero attached hydrogens (tertiary/aromatic N) is 12. The fraction of sp³-hybridized carbons (Fsp3) is 0.568. The zero-order valence-corrected chi connectivity index (χ0v) is 42.4. The van der Waals surface area contributed by atoms with E-state index in [4.69, 9.17) is 40.9 Å². The molecule has 68 heavy (non-hydrogen) atoms. The van der Waals surface area contributed by atoms with Crippen molar-refractivity contribution < 1.29 is 31.0 Å². The third-order valence-corrected chi connectivity index (χ3v) is 17.9. The first-order valence-corrected chi connectivity index (χ1v) is 28.9. The zero-order chi connectivity index (χ0) is 47.0. The Morgan fingerprint density at radius 3 is 1.72 bits per heavy atom. The predicted octanol–water partition coefficient (Wildman–Crippen LogP) is 4.58. The molecule has 5 aliphatic rings. The number of ether oxygens (including phenoxy) is 3. The van der Waals surface area contributed by atoms with E-state index in [0.29, 0.717) is 71.5 Å². The highest BCUT2D eigenvalue weighted by atomic mass is 35.5. The Morgan fingerprint density at radius 1 is 0.647 bits per heavy atom. The number of aromatic nitrogens is 6. The van der Waals surface area contributed by atoms with E-state index in [9.17, 15) is 16.8 Å². The molecule has 5 saturated heterocycles. The number of fused-ring (bicyclic) bond motifs is 3. The average molecular weight is 1030 g/mol. The van der Waals surface area contributed by atoms with Crippen LogP contribution < -0.4 is 9.80 Å². The number of rotatable bonds is 10. The maximum Gasteiger partial charge on any atom is 0.225 e. The fourth-order valence-electron chi connectivity index (χ4n) is 9.41. The lowest BCUT2D eigenvalue weighted by molar-refractivity contribution is -0.0390. The third kappa shape index (κ3) is 10.9. The maximum atomic E-state index is 11.9. The highest BCUT2D eigenvalue weighted by Gasteiger charge is 2.28. The summed E-state index contributed by atoms with van der Waals surface area (Å²) < 4.78 is 69.3. The number of anilines is 2. The second-order valence-electron chi connectivity index (χ2n) is 17.8. The van der Waals surface area contributed by atoms with E-state index in [1.165, 1.54) is 26.6 Å². The van der Waals surface area contributed by atoms with Crippen molar-refractivity contribution in [2.45, 2.75) is 38.6 Å². The monoisotopic (exact) mass is 1030 g/mol. The molecule has 0 spiro atoms. The van der Waals surface area contributed by atoms with E-state index >= 15 is 0 Å². The Kier molecular flexibility index (Phi) is 14.5. The summed E-state index contributed by atoms with van der Waals surface area (Å²) in [6, 6.07) is 10.5. The molecule has 0 saturated carbocycles. The lowest BCUT2D eigenvalue weighted by Gasteiger charge is -2.32. The fourth-order valence-corrected chi connectivity index (χ4v) is 13.4. The summed E-state index contributed by atoms with van der Waals surface area (Å²) in [7, 11) is -6.26. The van der Waals surface area contributed by atoms with Gasteiger partial charge < -0.3 is 24.0 Å². The van der Waals surface area contributed by atoms with Crippen molar-refractivity contribution in [3.05, 3.63) is 51.6 Å². The second-order valence-corrected chi connectivity index (χ2v) is 24.3. The SMILES string of the molecule is CS(=O)(=O)N1CCN(Cc2cc3c(N4CCOCC4)nc(-c4cccc5nn(C6CCCCO6)cc45)nc3s2)CC1.CS(=O)(=O)N1CCN(Cc2cc3c(N4CCOCC4)nc(Cl)nc3s2)CC1. The minimum absolute atomic E-state index is 0.0320. The average Bonchev–Trinajstić information content (AvgIpc) is 4.08. The molecular formula is C44H57ClN12O7S4. The largest absolute Gasteiger partial charge is 0.378 e. The van der Waals surface area contributed by atoms with Crippen LogP contribution in [0.5, 0.6) is 0 Å². The first-order chi connectivity index (χ1) is 32.8. The lowest BCUT2D eigenvalue weighted by atomic mass is 10.1. The van der Waals surface area contributed by atoms with Crippen LogP contribution in [-0.2, 0) is 47.3 Å². The van der Waals surface area contributed by atoms with Crippen LogP contribution in [0, 0.1) is 0 Å². The Morgan fingerprint density at radius 2 is 1.19 bits per heavy atom. The van der Waals surface area contributed by atoms with Crippen LogP contribution >= 0.6 is 34.3 Å². The van der Waals surface area contributed by atoms with E-state index in [0.717, 1.165) is 127 Å². The van der Waals surface area contributed by atoms with E-state index in [2.05, 4.69) is 54.0 Å². The Balaban J connectivity index is 0.000000173. The summed E-state index contributed by atoms with van der Waals surface area (Å²) in [5.41, 5.74) is 1.88. The molecule has 11 rings (SSSR count). The van der Waals surface area contributed by atoms with Gasteiger partial charge in [-0.05, 0) is 49.1 Å². The molecule has 6 aromatic rings. The van der Waals surface area contributed by atoms with Gasteiger partial charge in [0.15, 0.2) is 5.82 Å². The van der Waals surface area contributed by atoms with E-state index in [1.54, 1.807) is 27.0 Å². The van der Waals surface area contributed by atoms with Gasteiger partial charge in [-0.1, -0.05) is 12.1 Å². The molecule has 0 N–H and O–H groups in total. The summed E-state index contributed by atoms with van der Waals surface area (Å²) in [6.07, 6.45) is 7.81. The van der Waals surface area contributed by atoms with Crippen molar-refractivity contribution in [3.8, 4) is 11.4 Å². The van der Waals surface area contributed by atoms with Gasteiger partial charge in [0.05, 0.1) is 55.2 Å². The molecule has 10 heterocycles. The van der Waals surface area contributed by atoms with Gasteiger partial charge in [-0.25, -0.2) is 36.5 Å². The van der Waals surface area contributed by atoms with E-state index in [1.807, 2.05) is 16.8 Å². The first kappa shape index (κ1) is 47.9. The maximum absolute atomic E-state index is 11.9. The summed E-state index contributed by atoms with van der Waals surface area (Å²) in [4.78, 5) is 32.5. The van der Waals surface area contributed by atoms with Crippen LogP contribution in [0.1, 0.15) is 35.2 Å². The van der Waals surface area contributed by atoms with Gasteiger partial charge in [-0.15, -0.1) is 22.7 Å². The summed E-state index contributed by atoms with van der Waals surface area (Å²) in [6.45, 7) is 13.2. The third-order valence-electron chi connectivity index (χ3n) is 13.1. The van der Waals surface area contributed by atoms with Crippen LogP contribution in [0.15, 0.2) is 36.5 Å². The number of sulfonamides is 2. The predicted molar refractivity (Wildman–Crippen MR) is 267 cm³/mol.